The fraction of sp³-hybridized carbons (Fsp3) is 0.667. The van der Waals surface area contributed by atoms with E-state index in [1.165, 1.54) is 6.42 Å². The van der Waals surface area contributed by atoms with Gasteiger partial charge in [0.25, 0.3) is 0 Å². The van der Waals surface area contributed by atoms with E-state index < -0.39 is 23.9 Å². The summed E-state index contributed by atoms with van der Waals surface area (Å²) in [5.41, 5.74) is 0. The quantitative estimate of drug-likeness (QED) is 0.0610. The van der Waals surface area contributed by atoms with Crippen molar-refractivity contribution in [3.63, 3.8) is 0 Å². The van der Waals surface area contributed by atoms with E-state index >= 15 is 0 Å². The molecule has 12 heteroatoms. The molecule has 0 aromatic rings. The second kappa shape index (κ2) is 28.7. The Balaban J connectivity index is 0.000000480. The number of hydrogen-bond donors (Lipinski definition) is 0. The number of hydrogen-bond acceptors (Lipinski definition) is 12. The van der Waals surface area contributed by atoms with E-state index in [9.17, 15) is 19.2 Å². The first kappa shape index (κ1) is 42.7. The smallest absolute Gasteiger partial charge is 0.330 e. The summed E-state index contributed by atoms with van der Waals surface area (Å²) in [6, 6.07) is 0. The molecule has 2 rings (SSSR count). The van der Waals surface area contributed by atoms with Crippen molar-refractivity contribution in [1.82, 2.24) is 0 Å². The summed E-state index contributed by atoms with van der Waals surface area (Å²) in [5, 5.41) is 0. The van der Waals surface area contributed by atoms with Crippen molar-refractivity contribution in [2.45, 2.75) is 51.4 Å². The van der Waals surface area contributed by atoms with Crippen molar-refractivity contribution in [2.24, 2.45) is 23.7 Å². The molecule has 2 aliphatic rings. The summed E-state index contributed by atoms with van der Waals surface area (Å²) in [6.45, 7) is 18.8. The molecule has 2 atom stereocenters. The van der Waals surface area contributed by atoms with Crippen molar-refractivity contribution in [3.05, 3.63) is 50.6 Å². The zero-order chi connectivity index (χ0) is 35.2. The normalized spacial score (nSPS) is 20.2. The van der Waals surface area contributed by atoms with Crippen LogP contribution in [0.3, 0.4) is 0 Å². The molecule has 2 saturated carbocycles. The van der Waals surface area contributed by atoms with Crippen LogP contribution < -0.4 is 0 Å². The maximum absolute atomic E-state index is 10.9. The van der Waals surface area contributed by atoms with Gasteiger partial charge in [0.15, 0.2) is 0 Å². The van der Waals surface area contributed by atoms with E-state index in [2.05, 4.69) is 26.3 Å². The van der Waals surface area contributed by atoms with Crippen LogP contribution >= 0.6 is 0 Å². The largest absolute Gasteiger partial charge is 0.460 e. The van der Waals surface area contributed by atoms with E-state index in [1.807, 2.05) is 0 Å². The van der Waals surface area contributed by atoms with E-state index in [-0.39, 0.29) is 26.4 Å². The van der Waals surface area contributed by atoms with Crippen molar-refractivity contribution >= 4 is 23.9 Å². The molecule has 272 valence electrons. The zero-order valence-electron chi connectivity index (χ0n) is 28.5. The van der Waals surface area contributed by atoms with Gasteiger partial charge in [-0.3, -0.25) is 0 Å². The van der Waals surface area contributed by atoms with E-state index in [0.29, 0.717) is 76.5 Å². The maximum atomic E-state index is 10.9. The summed E-state index contributed by atoms with van der Waals surface area (Å²) >= 11 is 0. The fourth-order valence-corrected chi connectivity index (χ4v) is 5.31. The number of esters is 4. The van der Waals surface area contributed by atoms with Gasteiger partial charge in [0, 0.05) is 50.7 Å². The Bertz CT molecular complexity index is 883. The standard InChI is InChI=1S/2C18H28O6/c1-3-17(19)23-11-9-21-13-15-5-7-16(8-6-15)14-22-10-12-24-18(20)4-2;1-3-17(19)23-10-8-21-13-15-6-5-7-16(12-15)14-22-9-11-24-18(20)4-2/h2*3-4,15-16H,1-2,5-14H2. The van der Waals surface area contributed by atoms with Crippen LogP contribution in [-0.4, -0.2) is 103 Å². The minimum atomic E-state index is -0.424. The van der Waals surface area contributed by atoms with Gasteiger partial charge >= 0.3 is 23.9 Å². The molecule has 0 saturated heterocycles. The predicted octanol–water partition coefficient (Wildman–Crippen LogP) is 4.57. The van der Waals surface area contributed by atoms with Gasteiger partial charge in [0.2, 0.25) is 0 Å². The summed E-state index contributed by atoms with van der Waals surface area (Å²) in [7, 11) is 0. The lowest BCUT2D eigenvalue weighted by Crippen LogP contribution is -2.24. The van der Waals surface area contributed by atoms with Crippen LogP contribution in [0, 0.1) is 23.7 Å². The topological polar surface area (TPSA) is 142 Å². The molecule has 0 amide bonds. The van der Waals surface area contributed by atoms with Crippen LogP contribution in [0.2, 0.25) is 0 Å². The lowest BCUT2D eigenvalue weighted by Gasteiger charge is -2.28. The summed E-state index contributed by atoms with van der Waals surface area (Å²) < 4.78 is 41.7. The van der Waals surface area contributed by atoms with Crippen LogP contribution in [-0.2, 0) is 57.1 Å². The highest BCUT2D eigenvalue weighted by molar-refractivity contribution is 5.82. The minimum absolute atomic E-state index is 0.257. The Morgan fingerprint density at radius 3 is 0.958 bits per heavy atom. The van der Waals surface area contributed by atoms with Gasteiger partial charge in [-0.25, -0.2) is 19.2 Å². The van der Waals surface area contributed by atoms with Gasteiger partial charge in [-0.05, 0) is 68.6 Å². The molecule has 0 radical (unpaired) electrons. The minimum Gasteiger partial charge on any atom is -0.460 e. The van der Waals surface area contributed by atoms with E-state index in [4.69, 9.17) is 37.9 Å². The maximum Gasteiger partial charge on any atom is 0.330 e. The first-order chi connectivity index (χ1) is 23.3. The van der Waals surface area contributed by atoms with E-state index in [0.717, 1.165) is 69.2 Å². The van der Waals surface area contributed by atoms with Crippen LogP contribution in [0.15, 0.2) is 50.6 Å². The van der Waals surface area contributed by atoms with Gasteiger partial charge in [-0.1, -0.05) is 32.7 Å². The predicted molar refractivity (Wildman–Crippen MR) is 179 cm³/mol. The molecule has 0 aromatic carbocycles. The number of carbonyl (C=O) groups excluding carboxylic acids is 4. The molecule has 48 heavy (non-hydrogen) atoms. The third-order valence-electron chi connectivity index (χ3n) is 7.83. The summed E-state index contributed by atoms with van der Waals surface area (Å²) in [5.74, 6) is 0.466. The average Bonchev–Trinajstić information content (AvgIpc) is 3.11. The number of ether oxygens (including phenoxy) is 8. The van der Waals surface area contributed by atoms with Crippen molar-refractivity contribution in [2.75, 3.05) is 79.3 Å². The Hall–Kier alpha value is -3.32. The van der Waals surface area contributed by atoms with Gasteiger partial charge in [0.05, 0.1) is 26.4 Å². The molecule has 0 bridgehead atoms. The lowest BCUT2D eigenvalue weighted by atomic mass is 9.82. The zero-order valence-corrected chi connectivity index (χ0v) is 28.5. The molecule has 12 nitrogen and oxygen atoms in total. The van der Waals surface area contributed by atoms with Crippen molar-refractivity contribution in [1.29, 1.82) is 0 Å². The van der Waals surface area contributed by atoms with Gasteiger partial charge in [-0.15, -0.1) is 0 Å². The van der Waals surface area contributed by atoms with Crippen LogP contribution in [0.5, 0.6) is 0 Å². The number of carbonyl (C=O) groups is 4. The summed E-state index contributed by atoms with van der Waals surface area (Å²) in [4.78, 5) is 43.5. The lowest BCUT2D eigenvalue weighted by molar-refractivity contribution is -0.140. The van der Waals surface area contributed by atoms with Gasteiger partial charge < -0.3 is 37.9 Å². The molecule has 0 N–H and O–H groups in total. The van der Waals surface area contributed by atoms with Crippen LogP contribution in [0.4, 0.5) is 0 Å². The molecular weight excluding hydrogens is 624 g/mol. The summed E-state index contributed by atoms with van der Waals surface area (Å²) in [6.07, 6.45) is 13.6. The first-order valence-corrected chi connectivity index (χ1v) is 16.8. The van der Waals surface area contributed by atoms with Gasteiger partial charge in [-0.2, -0.15) is 0 Å². The molecule has 2 fully saturated rings. The Morgan fingerprint density at radius 2 is 0.688 bits per heavy atom. The van der Waals surface area contributed by atoms with Crippen molar-refractivity contribution < 1.29 is 57.1 Å². The third-order valence-corrected chi connectivity index (χ3v) is 7.83. The fourth-order valence-electron chi connectivity index (χ4n) is 5.31. The number of rotatable bonds is 24. The second-order valence-electron chi connectivity index (χ2n) is 11.6. The monoisotopic (exact) mass is 680 g/mol. The Labute approximate surface area is 285 Å². The molecule has 2 aliphatic carbocycles. The molecule has 2 unspecified atom stereocenters. The SMILES string of the molecule is C=CC(=O)OCCOCC1CCC(COCCOC(=O)C=C)CC1.C=CC(=O)OCCOCC1CCCC(COCCOC(=O)C=C)C1. The second-order valence-corrected chi connectivity index (χ2v) is 11.6. The van der Waals surface area contributed by atoms with Crippen LogP contribution in [0.1, 0.15) is 51.4 Å². The average molecular weight is 681 g/mol. The van der Waals surface area contributed by atoms with Crippen LogP contribution in [0.25, 0.3) is 0 Å². The molecule has 0 aromatic heterocycles. The molecule has 0 spiro atoms. The third kappa shape index (κ3) is 23.1. The highest BCUT2D eigenvalue weighted by Crippen LogP contribution is 2.30. The first-order valence-electron chi connectivity index (χ1n) is 16.8. The molecule has 0 aliphatic heterocycles. The van der Waals surface area contributed by atoms with Crippen molar-refractivity contribution in [3.8, 4) is 0 Å². The Kier molecular flexibility index (Phi) is 25.5. The highest BCUT2D eigenvalue weighted by atomic mass is 16.6. The molecular formula is C36H56O12. The molecule has 0 heterocycles. The van der Waals surface area contributed by atoms with E-state index in [1.54, 1.807) is 0 Å². The van der Waals surface area contributed by atoms with Gasteiger partial charge in [0.1, 0.15) is 26.4 Å². The highest BCUT2D eigenvalue weighted by Gasteiger charge is 2.23. The Morgan fingerprint density at radius 1 is 0.417 bits per heavy atom.